The number of fused-ring (bicyclic) bond motifs is 1. The molecule has 2 amide bonds. The Morgan fingerprint density at radius 3 is 2.85 bits per heavy atom. The third-order valence-corrected chi connectivity index (χ3v) is 5.09. The summed E-state index contributed by atoms with van der Waals surface area (Å²) in [6, 6.07) is 3.73. The van der Waals surface area contributed by atoms with Gasteiger partial charge in [-0.25, -0.2) is 0 Å². The molecule has 0 saturated carbocycles. The Bertz CT molecular complexity index is 909. The van der Waals surface area contributed by atoms with Crippen LogP contribution < -0.4 is 15.8 Å². The van der Waals surface area contributed by atoms with Gasteiger partial charge in [0.1, 0.15) is 12.2 Å². The predicted octanol–water partition coefficient (Wildman–Crippen LogP) is 0.173. The van der Waals surface area contributed by atoms with Gasteiger partial charge in [-0.2, -0.15) is 0 Å². The van der Waals surface area contributed by atoms with E-state index in [1.54, 1.807) is 12.1 Å². The minimum atomic E-state index is -0.875. The van der Waals surface area contributed by atoms with E-state index in [0.29, 0.717) is 13.2 Å². The summed E-state index contributed by atoms with van der Waals surface area (Å²) in [5, 5.41) is 16.5. The number of rotatable bonds is 6. The summed E-state index contributed by atoms with van der Waals surface area (Å²) >= 11 is 1.48. The van der Waals surface area contributed by atoms with E-state index in [2.05, 4.69) is 5.32 Å². The number of nitrogens with one attached hydrogen (secondary N) is 1. The van der Waals surface area contributed by atoms with Crippen molar-refractivity contribution in [2.45, 2.75) is 6.54 Å². The van der Waals surface area contributed by atoms with Crippen molar-refractivity contribution in [1.82, 2.24) is 14.9 Å². The van der Waals surface area contributed by atoms with Gasteiger partial charge in [0, 0.05) is 31.8 Å². The third-order valence-electron chi connectivity index (χ3n) is 4.21. The van der Waals surface area contributed by atoms with Gasteiger partial charge in [0.15, 0.2) is 11.4 Å². The number of ether oxygens (including phenoxy) is 1. The number of thiophene rings is 1. The van der Waals surface area contributed by atoms with Crippen molar-refractivity contribution in [2.75, 3.05) is 39.0 Å². The number of hydrogen-bond acceptors (Lipinski definition) is 7. The van der Waals surface area contributed by atoms with Gasteiger partial charge in [0.05, 0.1) is 13.2 Å². The van der Waals surface area contributed by atoms with Gasteiger partial charge in [-0.05, 0) is 11.4 Å². The molecule has 0 spiro atoms. The molecule has 2 aromatic rings. The second kappa shape index (κ2) is 7.80. The maximum absolute atomic E-state index is 12.6. The van der Waals surface area contributed by atoms with Crippen molar-refractivity contribution >= 4 is 23.2 Å². The van der Waals surface area contributed by atoms with E-state index in [4.69, 9.17) is 4.74 Å². The first-order valence-corrected chi connectivity index (χ1v) is 9.10. The first-order valence-electron chi connectivity index (χ1n) is 8.23. The molecule has 0 unspecified atom stereocenters. The van der Waals surface area contributed by atoms with Crippen LogP contribution in [0.5, 0.6) is 5.75 Å². The lowest BCUT2D eigenvalue weighted by Gasteiger charge is -2.37. The van der Waals surface area contributed by atoms with Gasteiger partial charge < -0.3 is 20.1 Å². The number of pyridine rings is 1. The number of amides is 2. The predicted molar refractivity (Wildman–Crippen MR) is 99.8 cm³/mol. The van der Waals surface area contributed by atoms with Crippen LogP contribution in [-0.2, 0) is 11.3 Å². The van der Waals surface area contributed by atoms with Crippen molar-refractivity contribution in [1.29, 1.82) is 0 Å². The van der Waals surface area contributed by atoms with Crippen molar-refractivity contribution in [3.8, 4) is 5.75 Å². The molecule has 144 valence electrons. The van der Waals surface area contributed by atoms with E-state index >= 15 is 0 Å². The molecule has 0 aliphatic carbocycles. The number of carbonyl (C=O) groups is 2. The fourth-order valence-corrected chi connectivity index (χ4v) is 3.44. The summed E-state index contributed by atoms with van der Waals surface area (Å²) < 4.78 is 6.32. The van der Waals surface area contributed by atoms with Gasteiger partial charge in [0.2, 0.25) is 5.43 Å². The summed E-state index contributed by atoms with van der Waals surface area (Å²) in [7, 11) is 3.21. The van der Waals surface area contributed by atoms with E-state index in [1.165, 1.54) is 34.2 Å². The molecule has 0 aromatic carbocycles. The number of hydrogen-bond donors (Lipinski definition) is 2. The SMILES string of the molecule is COCCN1CN(C)n2cc(C(=O)NCc3cccs3)c(=O)c(O)c2C1=O. The monoisotopic (exact) mass is 392 g/mol. The summed E-state index contributed by atoms with van der Waals surface area (Å²) in [5.74, 6) is -1.84. The summed E-state index contributed by atoms with van der Waals surface area (Å²) in [6.07, 6.45) is 1.28. The zero-order valence-corrected chi connectivity index (χ0v) is 15.8. The Hall–Kier alpha value is -2.85. The van der Waals surface area contributed by atoms with Crippen LogP contribution in [0.2, 0.25) is 0 Å². The lowest BCUT2D eigenvalue weighted by atomic mass is 10.1. The topological polar surface area (TPSA) is 104 Å². The molecule has 2 N–H and O–H groups in total. The number of nitrogens with zero attached hydrogens (tertiary/aromatic N) is 3. The highest BCUT2D eigenvalue weighted by Gasteiger charge is 2.32. The van der Waals surface area contributed by atoms with E-state index in [1.807, 2.05) is 17.5 Å². The first kappa shape index (κ1) is 18.9. The molecular formula is C17H20N4O5S. The van der Waals surface area contributed by atoms with Crippen molar-refractivity contribution in [3.63, 3.8) is 0 Å². The Kier molecular flexibility index (Phi) is 5.47. The Morgan fingerprint density at radius 2 is 2.19 bits per heavy atom. The minimum Gasteiger partial charge on any atom is -0.502 e. The van der Waals surface area contributed by atoms with Crippen LogP contribution in [0.25, 0.3) is 0 Å². The second-order valence-electron chi connectivity index (χ2n) is 6.04. The van der Waals surface area contributed by atoms with Crippen LogP contribution in [0.4, 0.5) is 0 Å². The fraction of sp³-hybridized carbons (Fsp3) is 0.353. The molecule has 2 aromatic heterocycles. The number of carbonyl (C=O) groups excluding carboxylic acids is 2. The largest absolute Gasteiger partial charge is 0.502 e. The molecule has 0 bridgehead atoms. The van der Waals surface area contributed by atoms with E-state index in [0.717, 1.165) is 4.88 Å². The smallest absolute Gasteiger partial charge is 0.277 e. The molecule has 1 aliphatic heterocycles. The number of aromatic nitrogens is 1. The molecule has 10 heteroatoms. The summed E-state index contributed by atoms with van der Waals surface area (Å²) in [5.41, 5.74) is -1.27. The molecule has 0 fully saturated rings. The molecule has 0 radical (unpaired) electrons. The molecule has 27 heavy (non-hydrogen) atoms. The molecular weight excluding hydrogens is 372 g/mol. The second-order valence-corrected chi connectivity index (χ2v) is 7.07. The minimum absolute atomic E-state index is 0.167. The van der Waals surface area contributed by atoms with E-state index < -0.39 is 23.0 Å². The molecule has 1 aliphatic rings. The van der Waals surface area contributed by atoms with Crippen LogP contribution in [0.3, 0.4) is 0 Å². The van der Waals surface area contributed by atoms with Crippen molar-refractivity contribution < 1.29 is 19.4 Å². The van der Waals surface area contributed by atoms with Crippen molar-refractivity contribution in [2.24, 2.45) is 0 Å². The summed E-state index contributed by atoms with van der Waals surface area (Å²) in [6.45, 7) is 1.15. The maximum Gasteiger partial charge on any atom is 0.277 e. The van der Waals surface area contributed by atoms with E-state index in [9.17, 15) is 19.5 Å². The van der Waals surface area contributed by atoms with Gasteiger partial charge in [0.25, 0.3) is 11.8 Å². The first-order chi connectivity index (χ1) is 12.9. The quantitative estimate of drug-likeness (QED) is 0.727. The Balaban J connectivity index is 1.90. The van der Waals surface area contributed by atoms with Gasteiger partial charge >= 0.3 is 0 Å². The highest BCUT2D eigenvalue weighted by molar-refractivity contribution is 7.09. The maximum atomic E-state index is 12.6. The summed E-state index contributed by atoms with van der Waals surface area (Å²) in [4.78, 5) is 39.9. The lowest BCUT2D eigenvalue weighted by molar-refractivity contribution is 0.0629. The Morgan fingerprint density at radius 1 is 1.41 bits per heavy atom. The van der Waals surface area contributed by atoms with Gasteiger partial charge in [-0.3, -0.25) is 24.1 Å². The number of methoxy groups -OCH3 is 1. The molecule has 9 nitrogen and oxygen atoms in total. The standard InChI is InChI=1S/C17H20N4O5S/c1-19-10-20(5-6-26-2)17(25)13-15(23)14(22)12(9-21(13)19)16(24)18-8-11-4-3-7-27-11/h3-4,7,9,23H,5-6,8,10H2,1-2H3,(H,18,24). The molecule has 0 atom stereocenters. The molecule has 3 rings (SSSR count). The zero-order chi connectivity index (χ0) is 19.6. The van der Waals surface area contributed by atoms with Crippen LogP contribution in [0.1, 0.15) is 25.7 Å². The van der Waals surface area contributed by atoms with Crippen LogP contribution in [-0.4, -0.2) is 60.5 Å². The van der Waals surface area contributed by atoms with Crippen LogP contribution in [0, 0.1) is 0 Å². The average molecular weight is 392 g/mol. The molecule has 3 heterocycles. The van der Waals surface area contributed by atoms with Crippen LogP contribution in [0.15, 0.2) is 28.5 Å². The lowest BCUT2D eigenvalue weighted by Crippen LogP contribution is -2.53. The zero-order valence-electron chi connectivity index (χ0n) is 15.0. The average Bonchev–Trinajstić information content (AvgIpc) is 3.17. The van der Waals surface area contributed by atoms with Crippen LogP contribution >= 0.6 is 11.3 Å². The van der Waals surface area contributed by atoms with Gasteiger partial charge in [-0.1, -0.05) is 6.07 Å². The van der Waals surface area contributed by atoms with E-state index in [-0.39, 0.29) is 24.5 Å². The van der Waals surface area contributed by atoms with Gasteiger partial charge in [-0.15, -0.1) is 11.3 Å². The highest BCUT2D eigenvalue weighted by atomic mass is 32.1. The normalized spacial score (nSPS) is 13.6. The molecule has 0 saturated heterocycles. The third kappa shape index (κ3) is 3.67. The van der Waals surface area contributed by atoms with Crippen molar-refractivity contribution in [3.05, 3.63) is 50.1 Å². The highest BCUT2D eigenvalue weighted by Crippen LogP contribution is 2.20. The fourth-order valence-electron chi connectivity index (χ4n) is 2.80. The Labute approximate surface area is 159 Å². The number of aromatic hydroxyl groups is 1.